The third-order valence-electron chi connectivity index (χ3n) is 3.33. The lowest BCUT2D eigenvalue weighted by molar-refractivity contribution is -0.384. The number of rotatable bonds is 2. The Hall–Kier alpha value is -1.54. The van der Waals surface area contributed by atoms with E-state index >= 15 is 0 Å². The molecular formula is C13H14ClF3N2O3. The van der Waals surface area contributed by atoms with Crippen molar-refractivity contribution in [3.63, 3.8) is 0 Å². The molecule has 0 saturated carbocycles. The Morgan fingerprint density at radius 2 is 1.86 bits per heavy atom. The lowest BCUT2D eigenvalue weighted by Gasteiger charge is -2.36. The minimum absolute atomic E-state index is 0.0741. The molecule has 1 aromatic rings. The zero-order chi connectivity index (χ0) is 16.7. The van der Waals surface area contributed by atoms with Gasteiger partial charge in [-0.1, -0.05) is 11.6 Å². The highest BCUT2D eigenvalue weighted by Gasteiger charge is 2.37. The molecule has 22 heavy (non-hydrogen) atoms. The fourth-order valence-electron chi connectivity index (χ4n) is 2.54. The number of nitro benzene ring substituents is 1. The highest BCUT2D eigenvalue weighted by Crippen LogP contribution is 2.42. The molecule has 2 rings (SSSR count). The van der Waals surface area contributed by atoms with E-state index in [1.54, 1.807) is 18.7 Å². The van der Waals surface area contributed by atoms with Crippen molar-refractivity contribution < 1.29 is 22.8 Å². The molecule has 1 saturated heterocycles. The van der Waals surface area contributed by atoms with Crippen LogP contribution in [0.3, 0.4) is 0 Å². The van der Waals surface area contributed by atoms with Gasteiger partial charge in [-0.15, -0.1) is 0 Å². The third kappa shape index (κ3) is 3.44. The molecular weight excluding hydrogens is 325 g/mol. The highest BCUT2D eigenvalue weighted by atomic mass is 35.5. The number of ether oxygens (including phenoxy) is 1. The standard InChI is InChI=1S/C13H14ClF3N2O3/c1-7-5-18(6-8(2)22-7)11-4-10(14)9(13(15,16)17)3-12(11)19(20)21/h3-4,7-8H,5-6H2,1-2H3/t7-,8+. The Kier molecular flexibility index (Phi) is 4.53. The van der Waals surface area contributed by atoms with E-state index < -0.39 is 27.4 Å². The highest BCUT2D eigenvalue weighted by molar-refractivity contribution is 6.31. The van der Waals surface area contributed by atoms with Crippen LogP contribution in [0.25, 0.3) is 0 Å². The number of halogens is 4. The molecule has 0 bridgehead atoms. The molecule has 1 heterocycles. The van der Waals surface area contributed by atoms with Crippen molar-refractivity contribution in [2.45, 2.75) is 32.2 Å². The number of nitro groups is 1. The maximum atomic E-state index is 12.8. The second-order valence-corrected chi connectivity index (χ2v) is 5.65. The van der Waals surface area contributed by atoms with Crippen LogP contribution in [0.15, 0.2) is 12.1 Å². The van der Waals surface area contributed by atoms with Crippen LogP contribution in [0.1, 0.15) is 19.4 Å². The monoisotopic (exact) mass is 338 g/mol. The summed E-state index contributed by atoms with van der Waals surface area (Å²) in [4.78, 5) is 12.0. The van der Waals surface area contributed by atoms with Crippen LogP contribution >= 0.6 is 11.6 Å². The summed E-state index contributed by atoms with van der Waals surface area (Å²) in [6.07, 6.45) is -5.12. The molecule has 0 amide bonds. The normalized spacial score (nSPS) is 22.7. The molecule has 0 spiro atoms. The van der Waals surface area contributed by atoms with E-state index in [9.17, 15) is 23.3 Å². The van der Waals surface area contributed by atoms with E-state index in [1.165, 1.54) is 0 Å². The summed E-state index contributed by atoms with van der Waals surface area (Å²) in [5.41, 5.74) is -1.75. The van der Waals surface area contributed by atoms with Crippen LogP contribution in [0, 0.1) is 10.1 Å². The smallest absolute Gasteiger partial charge is 0.372 e. The van der Waals surface area contributed by atoms with Gasteiger partial charge in [0.05, 0.1) is 27.7 Å². The van der Waals surface area contributed by atoms with Gasteiger partial charge in [0.25, 0.3) is 5.69 Å². The molecule has 1 aromatic carbocycles. The maximum Gasteiger partial charge on any atom is 0.418 e. The Morgan fingerprint density at radius 3 is 2.32 bits per heavy atom. The van der Waals surface area contributed by atoms with Gasteiger partial charge in [-0.3, -0.25) is 10.1 Å². The van der Waals surface area contributed by atoms with E-state index in [2.05, 4.69) is 0 Å². The number of morpholine rings is 1. The molecule has 2 atom stereocenters. The lowest BCUT2D eigenvalue weighted by atomic mass is 10.1. The zero-order valence-electron chi connectivity index (χ0n) is 11.9. The summed E-state index contributed by atoms with van der Waals surface area (Å²) in [6.45, 7) is 4.26. The number of anilines is 1. The number of benzene rings is 1. The molecule has 5 nitrogen and oxygen atoms in total. The quantitative estimate of drug-likeness (QED) is 0.606. The van der Waals surface area contributed by atoms with Gasteiger partial charge in [0.2, 0.25) is 0 Å². The summed E-state index contributed by atoms with van der Waals surface area (Å²) in [5.74, 6) is 0. The van der Waals surface area contributed by atoms with Crippen molar-refractivity contribution in [3.05, 3.63) is 32.8 Å². The molecule has 1 aliphatic rings. The second-order valence-electron chi connectivity index (χ2n) is 5.24. The largest absolute Gasteiger partial charge is 0.418 e. The summed E-state index contributed by atoms with van der Waals surface area (Å²) < 4.78 is 44.1. The lowest BCUT2D eigenvalue weighted by Crippen LogP contribution is -2.45. The van der Waals surface area contributed by atoms with Crippen molar-refractivity contribution >= 4 is 23.0 Å². The van der Waals surface area contributed by atoms with Crippen LogP contribution in [0.4, 0.5) is 24.5 Å². The Bertz CT molecular complexity index is 585. The summed E-state index contributed by atoms with van der Waals surface area (Å²) in [6, 6.07) is 1.50. The molecule has 0 unspecified atom stereocenters. The fourth-order valence-corrected chi connectivity index (χ4v) is 2.81. The van der Waals surface area contributed by atoms with Gasteiger partial charge in [-0.2, -0.15) is 13.2 Å². The van der Waals surface area contributed by atoms with Crippen molar-refractivity contribution in [1.29, 1.82) is 0 Å². The van der Waals surface area contributed by atoms with Crippen LogP contribution in [0.5, 0.6) is 0 Å². The topological polar surface area (TPSA) is 55.6 Å². The van der Waals surface area contributed by atoms with Crippen molar-refractivity contribution in [3.8, 4) is 0 Å². The molecule has 1 fully saturated rings. The van der Waals surface area contributed by atoms with Gasteiger partial charge in [-0.05, 0) is 19.9 Å². The van der Waals surface area contributed by atoms with E-state index in [0.717, 1.165) is 6.07 Å². The molecule has 0 aromatic heterocycles. The maximum absolute atomic E-state index is 12.8. The first kappa shape index (κ1) is 16.8. The summed E-state index contributed by atoms with van der Waals surface area (Å²) >= 11 is 5.68. The Balaban J connectivity index is 2.51. The number of hydrogen-bond donors (Lipinski definition) is 0. The predicted molar refractivity (Wildman–Crippen MR) is 75.3 cm³/mol. The number of alkyl halides is 3. The average Bonchev–Trinajstić information content (AvgIpc) is 2.35. The SMILES string of the molecule is C[C@@H]1CN(c2cc(Cl)c(C(F)(F)F)cc2[N+](=O)[O-])C[C@H](C)O1. The number of hydrogen-bond acceptors (Lipinski definition) is 4. The average molecular weight is 339 g/mol. The first-order valence-electron chi connectivity index (χ1n) is 6.55. The summed E-state index contributed by atoms with van der Waals surface area (Å²) in [5, 5.41) is 10.6. The van der Waals surface area contributed by atoms with Crippen molar-refractivity contribution in [2.75, 3.05) is 18.0 Å². The van der Waals surface area contributed by atoms with Gasteiger partial charge in [0, 0.05) is 19.2 Å². The Morgan fingerprint density at radius 1 is 1.32 bits per heavy atom. The molecule has 0 aliphatic carbocycles. The first-order chi connectivity index (χ1) is 10.1. The van der Waals surface area contributed by atoms with Crippen molar-refractivity contribution in [1.82, 2.24) is 0 Å². The minimum atomic E-state index is -4.74. The first-order valence-corrected chi connectivity index (χ1v) is 6.93. The van der Waals surface area contributed by atoms with E-state index in [1.807, 2.05) is 0 Å². The minimum Gasteiger partial charge on any atom is -0.372 e. The molecule has 1 aliphatic heterocycles. The van der Waals surface area contributed by atoms with Crippen LogP contribution in [-0.4, -0.2) is 30.2 Å². The van der Waals surface area contributed by atoms with Crippen molar-refractivity contribution in [2.24, 2.45) is 0 Å². The van der Waals surface area contributed by atoms with Gasteiger partial charge >= 0.3 is 6.18 Å². The fraction of sp³-hybridized carbons (Fsp3) is 0.538. The zero-order valence-corrected chi connectivity index (χ0v) is 12.6. The predicted octanol–water partition coefficient (Wildman–Crippen LogP) is 3.88. The Labute approximate surface area is 129 Å². The molecule has 9 heteroatoms. The van der Waals surface area contributed by atoms with E-state index in [4.69, 9.17) is 16.3 Å². The van der Waals surface area contributed by atoms with Gasteiger partial charge in [0.15, 0.2) is 0 Å². The van der Waals surface area contributed by atoms with Gasteiger partial charge < -0.3 is 9.64 Å². The van der Waals surface area contributed by atoms with Gasteiger partial charge in [0.1, 0.15) is 5.69 Å². The molecule has 0 radical (unpaired) electrons. The van der Waals surface area contributed by atoms with E-state index in [0.29, 0.717) is 19.2 Å². The second kappa shape index (κ2) is 5.92. The van der Waals surface area contributed by atoms with Crippen LogP contribution < -0.4 is 4.90 Å². The third-order valence-corrected chi connectivity index (χ3v) is 3.64. The van der Waals surface area contributed by atoms with Gasteiger partial charge in [-0.25, -0.2) is 0 Å². The summed E-state index contributed by atoms with van der Waals surface area (Å²) in [7, 11) is 0. The van der Waals surface area contributed by atoms with Crippen LogP contribution in [0.2, 0.25) is 5.02 Å². The molecule has 0 N–H and O–H groups in total. The van der Waals surface area contributed by atoms with E-state index in [-0.39, 0.29) is 17.9 Å². The van der Waals surface area contributed by atoms with Crippen LogP contribution in [-0.2, 0) is 10.9 Å². The number of nitrogens with zero attached hydrogens (tertiary/aromatic N) is 2. The molecule has 122 valence electrons.